The molecule has 0 aromatic carbocycles. The van der Waals surface area contributed by atoms with Crippen LogP contribution in [0.4, 0.5) is 0 Å². The van der Waals surface area contributed by atoms with Gasteiger partial charge in [-0.15, -0.1) is 6.58 Å². The molecule has 0 aromatic rings. The number of hydrogen-bond acceptors (Lipinski definition) is 0. The Kier molecular flexibility index (Phi) is 16.6. The van der Waals surface area contributed by atoms with Crippen molar-refractivity contribution in [3.8, 4) is 0 Å². The lowest BCUT2D eigenvalue weighted by Gasteiger charge is -2.15. The summed E-state index contributed by atoms with van der Waals surface area (Å²) in [6.45, 7) is 8.52. The molecule has 0 atom stereocenters. The first-order valence-electron chi connectivity index (χ1n) is 9.46. The van der Waals surface area contributed by atoms with Crippen molar-refractivity contribution in [2.24, 2.45) is 5.92 Å². The van der Waals surface area contributed by atoms with Crippen molar-refractivity contribution in [2.45, 2.75) is 110 Å². The van der Waals surface area contributed by atoms with Crippen LogP contribution >= 0.6 is 0 Å². The predicted octanol–water partition coefficient (Wildman–Crippen LogP) is 7.68. The van der Waals surface area contributed by atoms with Crippen LogP contribution < -0.4 is 0 Å². The van der Waals surface area contributed by atoms with Crippen molar-refractivity contribution < 1.29 is 0 Å². The third kappa shape index (κ3) is 14.2. The third-order valence-electron chi connectivity index (χ3n) is 4.43. The summed E-state index contributed by atoms with van der Waals surface area (Å²) in [5.41, 5.74) is 0. The van der Waals surface area contributed by atoms with Gasteiger partial charge in [-0.3, -0.25) is 0 Å². The van der Waals surface area contributed by atoms with E-state index in [2.05, 4.69) is 26.5 Å². The van der Waals surface area contributed by atoms with Crippen molar-refractivity contribution in [1.82, 2.24) is 0 Å². The summed E-state index contributed by atoms with van der Waals surface area (Å²) < 4.78 is 0. The molecule has 0 aliphatic rings. The largest absolute Gasteiger partial charge is 0.103 e. The lowest BCUT2D eigenvalue weighted by molar-refractivity contribution is 0.406. The van der Waals surface area contributed by atoms with Crippen LogP contribution in [0.3, 0.4) is 0 Å². The second-order valence-corrected chi connectivity index (χ2v) is 6.50. The minimum atomic E-state index is 0.921. The Morgan fingerprint density at radius 2 is 1.05 bits per heavy atom. The van der Waals surface area contributed by atoms with Gasteiger partial charge in [-0.2, -0.15) is 0 Å². The fourth-order valence-corrected chi connectivity index (χ4v) is 3.04. The quantitative estimate of drug-likeness (QED) is 0.201. The molecule has 0 saturated carbocycles. The van der Waals surface area contributed by atoms with E-state index in [-0.39, 0.29) is 0 Å². The molecular formula is C20H40. The molecule has 0 unspecified atom stereocenters. The van der Waals surface area contributed by atoms with Gasteiger partial charge in [0.15, 0.2) is 0 Å². The second kappa shape index (κ2) is 16.8. The zero-order valence-corrected chi connectivity index (χ0v) is 14.5. The Bertz CT molecular complexity index is 166. The molecule has 0 aliphatic carbocycles. The summed E-state index contributed by atoms with van der Waals surface area (Å²) in [6, 6.07) is 0. The summed E-state index contributed by atoms with van der Waals surface area (Å²) >= 11 is 0. The Morgan fingerprint density at radius 1 is 0.650 bits per heavy atom. The summed E-state index contributed by atoms with van der Waals surface area (Å²) in [4.78, 5) is 0. The van der Waals surface area contributed by atoms with Crippen LogP contribution in [-0.2, 0) is 0 Å². The predicted molar refractivity (Wildman–Crippen MR) is 94.3 cm³/mol. The summed E-state index contributed by atoms with van der Waals surface area (Å²) in [5, 5.41) is 0. The maximum absolute atomic E-state index is 3.94. The highest BCUT2D eigenvalue weighted by molar-refractivity contribution is 4.73. The molecule has 0 fully saturated rings. The second-order valence-electron chi connectivity index (χ2n) is 6.50. The van der Waals surface area contributed by atoms with Gasteiger partial charge in [0.25, 0.3) is 0 Å². The van der Waals surface area contributed by atoms with Crippen LogP contribution in [0.1, 0.15) is 110 Å². The summed E-state index contributed by atoms with van der Waals surface area (Å²) in [7, 11) is 0. The molecule has 0 spiro atoms. The molecule has 0 aromatic heterocycles. The molecule has 0 amide bonds. The first-order chi connectivity index (χ1) is 9.85. The Hall–Kier alpha value is -0.260. The number of unbranched alkanes of at least 4 members (excludes halogenated alkanes) is 10. The Morgan fingerprint density at radius 3 is 1.45 bits per heavy atom. The first kappa shape index (κ1) is 19.7. The highest BCUT2D eigenvalue weighted by Gasteiger charge is 2.06. The van der Waals surface area contributed by atoms with Gasteiger partial charge < -0.3 is 0 Å². The summed E-state index contributed by atoms with van der Waals surface area (Å²) in [5.74, 6) is 0.921. The van der Waals surface area contributed by atoms with Gasteiger partial charge in [0, 0.05) is 0 Å². The average Bonchev–Trinajstić information content (AvgIpc) is 2.46. The highest BCUT2D eigenvalue weighted by Crippen LogP contribution is 2.22. The third-order valence-corrected chi connectivity index (χ3v) is 4.43. The van der Waals surface area contributed by atoms with Crippen molar-refractivity contribution >= 4 is 0 Å². The highest BCUT2D eigenvalue weighted by atomic mass is 14.1. The standard InChI is InChI=1S/C20H40/c1-4-7-9-11-13-15-18-20(17-6-3)19-16-14-12-10-8-5-2/h6,20H,3-5,7-19H2,1-2H3. The van der Waals surface area contributed by atoms with Gasteiger partial charge in [-0.1, -0.05) is 110 Å². The molecule has 20 heavy (non-hydrogen) atoms. The molecule has 0 N–H and O–H groups in total. The van der Waals surface area contributed by atoms with E-state index < -0.39 is 0 Å². The van der Waals surface area contributed by atoms with Gasteiger partial charge in [-0.05, 0) is 12.3 Å². The van der Waals surface area contributed by atoms with Gasteiger partial charge in [0.05, 0.1) is 0 Å². The van der Waals surface area contributed by atoms with Crippen LogP contribution in [0.5, 0.6) is 0 Å². The molecule has 0 aliphatic heterocycles. The SMILES string of the molecule is C=CCC(CCCCCCCC)CCCCCCCC. The van der Waals surface area contributed by atoms with Gasteiger partial charge in [0.2, 0.25) is 0 Å². The van der Waals surface area contributed by atoms with Crippen molar-refractivity contribution in [3.63, 3.8) is 0 Å². The lowest BCUT2D eigenvalue weighted by Crippen LogP contribution is -1.99. The van der Waals surface area contributed by atoms with E-state index in [1.54, 1.807) is 0 Å². The molecule has 0 heterocycles. The molecule has 0 radical (unpaired) electrons. The normalized spacial score (nSPS) is 11.2. The number of hydrogen-bond donors (Lipinski definition) is 0. The van der Waals surface area contributed by atoms with Crippen LogP contribution in [0.25, 0.3) is 0 Å². The van der Waals surface area contributed by atoms with Crippen molar-refractivity contribution in [2.75, 3.05) is 0 Å². The fourth-order valence-electron chi connectivity index (χ4n) is 3.04. The molecule has 120 valence electrons. The van der Waals surface area contributed by atoms with E-state index >= 15 is 0 Å². The van der Waals surface area contributed by atoms with E-state index in [0.29, 0.717) is 0 Å². The van der Waals surface area contributed by atoms with Crippen LogP contribution in [0.15, 0.2) is 12.7 Å². The first-order valence-corrected chi connectivity index (χ1v) is 9.46. The van der Waals surface area contributed by atoms with E-state index in [0.717, 1.165) is 5.92 Å². The molecule has 0 nitrogen and oxygen atoms in total. The molecule has 0 bridgehead atoms. The zero-order valence-electron chi connectivity index (χ0n) is 14.5. The van der Waals surface area contributed by atoms with Gasteiger partial charge in [-0.25, -0.2) is 0 Å². The molecule has 0 saturated heterocycles. The molecule has 0 rings (SSSR count). The molecule has 0 heteroatoms. The van der Waals surface area contributed by atoms with Crippen molar-refractivity contribution in [3.05, 3.63) is 12.7 Å². The summed E-state index contributed by atoms with van der Waals surface area (Å²) in [6.07, 6.45) is 23.4. The minimum Gasteiger partial charge on any atom is -0.103 e. The maximum Gasteiger partial charge on any atom is -0.0325 e. The van der Waals surface area contributed by atoms with Crippen LogP contribution in [0.2, 0.25) is 0 Å². The lowest BCUT2D eigenvalue weighted by atomic mass is 9.91. The van der Waals surface area contributed by atoms with Crippen molar-refractivity contribution in [1.29, 1.82) is 0 Å². The van der Waals surface area contributed by atoms with E-state index in [4.69, 9.17) is 0 Å². The zero-order chi connectivity index (χ0) is 14.9. The van der Waals surface area contributed by atoms with Gasteiger partial charge >= 0.3 is 0 Å². The number of rotatable bonds is 16. The monoisotopic (exact) mass is 280 g/mol. The fraction of sp³-hybridized carbons (Fsp3) is 0.900. The van der Waals surface area contributed by atoms with E-state index in [1.165, 1.54) is 96.3 Å². The average molecular weight is 281 g/mol. The van der Waals surface area contributed by atoms with Gasteiger partial charge in [0.1, 0.15) is 0 Å². The smallest absolute Gasteiger partial charge is 0.0325 e. The molecular weight excluding hydrogens is 240 g/mol. The topological polar surface area (TPSA) is 0 Å². The Balaban J connectivity index is 3.47. The maximum atomic E-state index is 3.94. The van der Waals surface area contributed by atoms with E-state index in [1.807, 2.05) is 0 Å². The van der Waals surface area contributed by atoms with Crippen LogP contribution in [0, 0.1) is 5.92 Å². The number of allylic oxidation sites excluding steroid dienone is 1. The Labute approximate surface area is 129 Å². The van der Waals surface area contributed by atoms with Crippen LogP contribution in [-0.4, -0.2) is 0 Å². The van der Waals surface area contributed by atoms with E-state index in [9.17, 15) is 0 Å². The minimum absolute atomic E-state index is 0.921.